The molecule has 0 bridgehead atoms. The van der Waals surface area contributed by atoms with Crippen molar-refractivity contribution in [2.24, 2.45) is 0 Å². The van der Waals surface area contributed by atoms with E-state index >= 15 is 0 Å². The average Bonchev–Trinajstić information content (AvgIpc) is 3.22. The van der Waals surface area contributed by atoms with Crippen molar-refractivity contribution >= 4 is 23.8 Å². The number of hydrogen-bond donors (Lipinski definition) is 1. The minimum Gasteiger partial charge on any atom is -0.298 e. The zero-order chi connectivity index (χ0) is 22.3. The van der Waals surface area contributed by atoms with E-state index in [1.54, 1.807) is 0 Å². The maximum atomic E-state index is 12.7. The summed E-state index contributed by atoms with van der Waals surface area (Å²) in [7, 11) is 2.65. The molecule has 0 aromatic heterocycles. The first-order valence-corrected chi connectivity index (χ1v) is 9.84. The molecule has 1 unspecified atom stereocenters. The second-order valence-corrected chi connectivity index (χ2v) is 7.57. The van der Waals surface area contributed by atoms with Crippen molar-refractivity contribution in [3.8, 4) is 11.1 Å². The van der Waals surface area contributed by atoms with Gasteiger partial charge >= 0.3 is 6.03 Å². The van der Waals surface area contributed by atoms with Gasteiger partial charge in [-0.2, -0.15) is 0 Å². The van der Waals surface area contributed by atoms with Gasteiger partial charge in [-0.3, -0.25) is 29.6 Å². The van der Waals surface area contributed by atoms with E-state index in [1.807, 2.05) is 54.6 Å². The first-order valence-electron chi connectivity index (χ1n) is 9.84. The van der Waals surface area contributed by atoms with Crippen LogP contribution < -0.4 is 5.43 Å². The zero-order valence-electron chi connectivity index (χ0n) is 17.5. The lowest BCUT2D eigenvalue weighted by molar-refractivity contribution is -0.135. The Morgan fingerprint density at radius 3 is 1.97 bits per heavy atom. The number of barbiturate groups is 1. The molecule has 2 aliphatic heterocycles. The Balaban J connectivity index is 1.69. The van der Waals surface area contributed by atoms with E-state index in [9.17, 15) is 19.2 Å². The highest BCUT2D eigenvalue weighted by molar-refractivity contribution is 6.28. The lowest BCUT2D eigenvalue weighted by atomic mass is 9.97. The van der Waals surface area contributed by atoms with E-state index in [2.05, 4.69) is 5.43 Å². The number of urea groups is 1. The molecule has 2 fully saturated rings. The summed E-state index contributed by atoms with van der Waals surface area (Å²) < 4.78 is 0. The molecule has 0 saturated carbocycles. The van der Waals surface area contributed by atoms with Crippen LogP contribution in [0.2, 0.25) is 0 Å². The van der Waals surface area contributed by atoms with E-state index < -0.39 is 23.9 Å². The van der Waals surface area contributed by atoms with Crippen LogP contribution in [0.5, 0.6) is 0 Å². The summed E-state index contributed by atoms with van der Waals surface area (Å²) in [6.45, 7) is 1.41. The first-order chi connectivity index (χ1) is 14.8. The summed E-state index contributed by atoms with van der Waals surface area (Å²) in [5.74, 6) is -1.61. The van der Waals surface area contributed by atoms with Crippen molar-refractivity contribution in [3.63, 3.8) is 0 Å². The molecule has 8 nitrogen and oxygen atoms in total. The quantitative estimate of drug-likeness (QED) is 0.598. The lowest BCUT2D eigenvalue weighted by Crippen LogP contribution is -2.54. The molecule has 8 heteroatoms. The van der Waals surface area contributed by atoms with Crippen LogP contribution in [0.15, 0.2) is 65.9 Å². The Labute approximate surface area is 179 Å². The molecular formula is C23H22N4O4. The number of rotatable bonds is 2. The molecular weight excluding hydrogens is 396 g/mol. The topological polar surface area (TPSA) is 90.0 Å². The number of amides is 5. The van der Waals surface area contributed by atoms with Gasteiger partial charge in [0.05, 0.1) is 11.7 Å². The number of nitrogens with one attached hydrogen (secondary N) is 1. The Morgan fingerprint density at radius 1 is 0.871 bits per heavy atom. The maximum absolute atomic E-state index is 12.7. The largest absolute Gasteiger partial charge is 0.333 e. The van der Waals surface area contributed by atoms with Gasteiger partial charge in [-0.15, -0.1) is 0 Å². The van der Waals surface area contributed by atoms with E-state index in [1.165, 1.54) is 26.0 Å². The number of carbonyl (C=O) groups excluding carboxylic acids is 4. The lowest BCUT2D eigenvalue weighted by Gasteiger charge is -2.29. The standard InChI is InChI=1S/C23H22N4O4/c1-14(28)27-19(17-11-9-16(10-12-17)15-7-5-4-6-8-15)13-18(24-27)20-21(29)25(2)23(31)26(3)22(20)30/h4-12,19,24H,13H2,1-3H3. The molecule has 2 heterocycles. The van der Waals surface area contributed by atoms with Crippen LogP contribution in [-0.4, -0.2) is 52.7 Å². The van der Waals surface area contributed by atoms with Gasteiger partial charge in [-0.1, -0.05) is 54.6 Å². The van der Waals surface area contributed by atoms with Crippen molar-refractivity contribution in [1.29, 1.82) is 0 Å². The zero-order valence-corrected chi connectivity index (χ0v) is 17.5. The second-order valence-electron chi connectivity index (χ2n) is 7.57. The minimum atomic E-state index is -0.686. The molecule has 158 valence electrons. The van der Waals surface area contributed by atoms with Crippen molar-refractivity contribution in [2.45, 2.75) is 19.4 Å². The fourth-order valence-corrected chi connectivity index (χ4v) is 3.89. The molecule has 2 aromatic carbocycles. The number of imide groups is 2. The molecule has 2 aliphatic rings. The molecule has 2 aromatic rings. The fraction of sp³-hybridized carbons (Fsp3) is 0.217. The normalized spacial score (nSPS) is 19.3. The minimum absolute atomic E-state index is 0.126. The predicted molar refractivity (Wildman–Crippen MR) is 113 cm³/mol. The monoisotopic (exact) mass is 418 g/mol. The molecule has 0 radical (unpaired) electrons. The summed E-state index contributed by atoms with van der Waals surface area (Å²) >= 11 is 0. The Bertz CT molecular complexity index is 1080. The van der Waals surface area contributed by atoms with Crippen molar-refractivity contribution in [3.05, 3.63) is 71.4 Å². The summed E-state index contributed by atoms with van der Waals surface area (Å²) in [5.41, 5.74) is 6.12. The second kappa shape index (κ2) is 7.71. The van der Waals surface area contributed by atoms with E-state index in [0.29, 0.717) is 5.70 Å². The van der Waals surface area contributed by atoms with Crippen LogP contribution >= 0.6 is 0 Å². The predicted octanol–water partition coefficient (Wildman–Crippen LogP) is 2.46. The molecule has 31 heavy (non-hydrogen) atoms. The van der Waals surface area contributed by atoms with Crippen LogP contribution in [0, 0.1) is 0 Å². The summed E-state index contributed by atoms with van der Waals surface area (Å²) in [6.07, 6.45) is 0.257. The van der Waals surface area contributed by atoms with Gasteiger partial charge < -0.3 is 0 Å². The number of benzene rings is 2. The van der Waals surface area contributed by atoms with Crippen molar-refractivity contribution in [1.82, 2.24) is 20.2 Å². The third-order valence-corrected chi connectivity index (χ3v) is 5.62. The summed E-state index contributed by atoms with van der Waals surface area (Å²) in [6, 6.07) is 16.7. The summed E-state index contributed by atoms with van der Waals surface area (Å²) in [4.78, 5) is 51.4. The molecule has 4 rings (SSSR count). The van der Waals surface area contributed by atoms with Crippen molar-refractivity contribution < 1.29 is 19.2 Å². The van der Waals surface area contributed by atoms with Gasteiger partial charge in [0.15, 0.2) is 0 Å². The number of likely N-dealkylation sites (N-methyl/N-ethyl adjacent to an activating group) is 2. The first kappa shape index (κ1) is 20.3. The third-order valence-electron chi connectivity index (χ3n) is 5.62. The van der Waals surface area contributed by atoms with E-state index in [-0.39, 0.29) is 17.9 Å². The smallest absolute Gasteiger partial charge is 0.298 e. The molecule has 1 atom stereocenters. The highest BCUT2D eigenvalue weighted by Gasteiger charge is 2.43. The van der Waals surface area contributed by atoms with E-state index in [4.69, 9.17) is 0 Å². The number of carbonyl (C=O) groups is 4. The van der Waals surface area contributed by atoms with Crippen LogP contribution in [0.4, 0.5) is 4.79 Å². The van der Waals surface area contributed by atoms with Crippen LogP contribution in [-0.2, 0) is 14.4 Å². The van der Waals surface area contributed by atoms with Crippen LogP contribution in [0.3, 0.4) is 0 Å². The molecule has 2 saturated heterocycles. The summed E-state index contributed by atoms with van der Waals surface area (Å²) in [5, 5.41) is 1.41. The van der Waals surface area contributed by atoms with Gasteiger partial charge in [0, 0.05) is 27.4 Å². The SMILES string of the molecule is CC(=O)N1NC(=C2C(=O)N(C)C(=O)N(C)C2=O)CC1c1ccc(-c2ccccc2)cc1. The maximum Gasteiger partial charge on any atom is 0.333 e. The Kier molecular flexibility index (Phi) is 5.06. The Hall–Kier alpha value is -3.94. The number of hydrazine groups is 1. The molecule has 5 amide bonds. The van der Waals surface area contributed by atoms with Crippen LogP contribution in [0.25, 0.3) is 11.1 Å². The fourth-order valence-electron chi connectivity index (χ4n) is 3.89. The number of hydrogen-bond acceptors (Lipinski definition) is 5. The van der Waals surface area contributed by atoms with Gasteiger partial charge in [-0.05, 0) is 16.7 Å². The molecule has 0 spiro atoms. The highest BCUT2D eigenvalue weighted by Crippen LogP contribution is 2.35. The Morgan fingerprint density at radius 2 is 1.42 bits per heavy atom. The van der Waals surface area contributed by atoms with Gasteiger partial charge in [0.1, 0.15) is 5.57 Å². The molecule has 0 aliphatic carbocycles. The third kappa shape index (κ3) is 3.46. The van der Waals surface area contributed by atoms with Gasteiger partial charge in [0.25, 0.3) is 11.8 Å². The number of nitrogens with zero attached hydrogens (tertiary/aromatic N) is 3. The van der Waals surface area contributed by atoms with Gasteiger partial charge in [-0.25, -0.2) is 9.80 Å². The van der Waals surface area contributed by atoms with Crippen LogP contribution in [0.1, 0.15) is 24.9 Å². The average molecular weight is 418 g/mol. The van der Waals surface area contributed by atoms with Crippen molar-refractivity contribution in [2.75, 3.05) is 14.1 Å². The van der Waals surface area contributed by atoms with E-state index in [0.717, 1.165) is 26.5 Å². The molecule has 1 N–H and O–H groups in total. The highest BCUT2D eigenvalue weighted by atomic mass is 16.2. The van der Waals surface area contributed by atoms with Gasteiger partial charge in [0.2, 0.25) is 5.91 Å².